The molecule has 0 saturated carbocycles. The molecule has 0 aromatic heterocycles. The van der Waals surface area contributed by atoms with E-state index in [9.17, 15) is 4.80 Å². The lowest BCUT2D eigenvalue weighted by atomic mass is 10.1. The van der Waals surface area contributed by atoms with Gasteiger partial charge in [-0.25, -0.2) is 0 Å². The van der Waals surface area contributed by atoms with Crippen molar-refractivity contribution in [2.24, 2.45) is 0 Å². The molecule has 2 nitrogen and oxygen atoms in total. The summed E-state index contributed by atoms with van der Waals surface area (Å²) >= 11 is 0. The first-order chi connectivity index (χ1) is 6.20. The summed E-state index contributed by atoms with van der Waals surface area (Å²) < 4.78 is 5.85. The maximum atomic E-state index is 10.2. The monoisotopic (exact) mass is 202 g/mol. The lowest BCUT2D eigenvalue weighted by Crippen LogP contribution is -2.45. The van der Waals surface area contributed by atoms with Crippen LogP contribution in [0.25, 0.3) is 0 Å². The van der Waals surface area contributed by atoms with Gasteiger partial charge in [-0.05, 0) is 31.4 Å². The SMILES string of the molecule is CCCC1CCC[Si](O)(CCC)O1. The second-order valence-electron chi connectivity index (χ2n) is 4.12. The molecule has 78 valence electrons. The van der Waals surface area contributed by atoms with Gasteiger partial charge in [0.15, 0.2) is 0 Å². The zero-order valence-corrected chi connectivity index (χ0v) is 9.88. The van der Waals surface area contributed by atoms with Gasteiger partial charge in [0.05, 0.1) is 0 Å². The van der Waals surface area contributed by atoms with Crippen molar-refractivity contribution < 1.29 is 9.22 Å². The molecule has 0 aromatic rings. The second-order valence-corrected chi connectivity index (χ2v) is 7.25. The van der Waals surface area contributed by atoms with Crippen molar-refractivity contribution in [3.05, 3.63) is 0 Å². The first-order valence-corrected chi connectivity index (χ1v) is 7.87. The summed E-state index contributed by atoms with van der Waals surface area (Å²) in [6, 6.07) is 1.88. The average molecular weight is 202 g/mol. The quantitative estimate of drug-likeness (QED) is 0.710. The largest absolute Gasteiger partial charge is 0.411 e. The fourth-order valence-corrected chi connectivity index (χ4v) is 5.01. The Bertz CT molecular complexity index is 146. The maximum Gasteiger partial charge on any atom is 0.335 e. The van der Waals surface area contributed by atoms with Crippen LogP contribution in [-0.4, -0.2) is 19.5 Å². The fraction of sp³-hybridized carbons (Fsp3) is 1.00. The van der Waals surface area contributed by atoms with Gasteiger partial charge < -0.3 is 9.22 Å². The Morgan fingerprint density at radius 3 is 2.77 bits per heavy atom. The van der Waals surface area contributed by atoms with Crippen LogP contribution in [-0.2, 0) is 4.43 Å². The third-order valence-electron chi connectivity index (χ3n) is 2.73. The molecule has 0 aliphatic carbocycles. The molecule has 0 spiro atoms. The first-order valence-electron chi connectivity index (χ1n) is 5.60. The third kappa shape index (κ3) is 3.41. The Morgan fingerprint density at radius 1 is 1.38 bits per heavy atom. The van der Waals surface area contributed by atoms with E-state index in [1.54, 1.807) is 0 Å². The highest BCUT2D eigenvalue weighted by molar-refractivity contribution is 6.66. The van der Waals surface area contributed by atoms with E-state index >= 15 is 0 Å². The number of hydrogen-bond acceptors (Lipinski definition) is 2. The standard InChI is InChI=1S/C10H22O2Si/c1-3-6-10-7-5-9-13(11,12-10)8-4-2/h10-11H,3-9H2,1-2H3. The van der Waals surface area contributed by atoms with Crippen LogP contribution in [0.15, 0.2) is 0 Å². The first kappa shape index (κ1) is 11.2. The van der Waals surface area contributed by atoms with Gasteiger partial charge in [-0.1, -0.05) is 26.7 Å². The van der Waals surface area contributed by atoms with Crippen LogP contribution in [0.5, 0.6) is 0 Å². The Morgan fingerprint density at radius 2 is 2.15 bits per heavy atom. The van der Waals surface area contributed by atoms with Crippen molar-refractivity contribution in [2.45, 2.75) is 64.1 Å². The fourth-order valence-electron chi connectivity index (χ4n) is 2.13. The summed E-state index contributed by atoms with van der Waals surface area (Å²) in [7, 11) is -2.24. The third-order valence-corrected chi connectivity index (χ3v) is 5.92. The summed E-state index contributed by atoms with van der Waals surface area (Å²) in [5.74, 6) is 0. The predicted octanol–water partition coefficient (Wildman–Crippen LogP) is 2.81. The highest BCUT2D eigenvalue weighted by atomic mass is 28.4. The van der Waals surface area contributed by atoms with E-state index < -0.39 is 8.56 Å². The van der Waals surface area contributed by atoms with Crippen LogP contribution < -0.4 is 0 Å². The van der Waals surface area contributed by atoms with Gasteiger partial charge in [0, 0.05) is 6.10 Å². The van der Waals surface area contributed by atoms with Gasteiger partial charge in [0.25, 0.3) is 0 Å². The maximum absolute atomic E-state index is 10.2. The van der Waals surface area contributed by atoms with Gasteiger partial charge in [0.1, 0.15) is 0 Å². The molecule has 2 unspecified atom stereocenters. The summed E-state index contributed by atoms with van der Waals surface area (Å²) in [6.07, 6.45) is 6.05. The van der Waals surface area contributed by atoms with Crippen LogP contribution in [0, 0.1) is 0 Å². The van der Waals surface area contributed by atoms with Gasteiger partial charge in [0.2, 0.25) is 0 Å². The van der Waals surface area contributed by atoms with Crippen LogP contribution in [0.4, 0.5) is 0 Å². The summed E-state index contributed by atoms with van der Waals surface area (Å²) in [6.45, 7) is 4.30. The minimum Gasteiger partial charge on any atom is -0.411 e. The van der Waals surface area contributed by atoms with Crippen molar-refractivity contribution in [1.29, 1.82) is 0 Å². The molecular weight excluding hydrogens is 180 g/mol. The normalized spacial score (nSPS) is 34.8. The van der Waals surface area contributed by atoms with Crippen molar-refractivity contribution >= 4 is 8.56 Å². The molecule has 1 fully saturated rings. The van der Waals surface area contributed by atoms with E-state index in [1.165, 1.54) is 12.8 Å². The van der Waals surface area contributed by atoms with Crippen LogP contribution in [0.1, 0.15) is 46.0 Å². The van der Waals surface area contributed by atoms with Gasteiger partial charge >= 0.3 is 8.56 Å². The van der Waals surface area contributed by atoms with Crippen LogP contribution in [0.2, 0.25) is 12.1 Å². The molecular formula is C10H22O2Si. The minimum absolute atomic E-state index is 0.363. The number of rotatable bonds is 4. The molecule has 0 radical (unpaired) electrons. The molecule has 0 aromatic carbocycles. The molecule has 1 rings (SSSR count). The van der Waals surface area contributed by atoms with Crippen LogP contribution in [0.3, 0.4) is 0 Å². The smallest absolute Gasteiger partial charge is 0.335 e. The van der Waals surface area contributed by atoms with E-state index in [0.717, 1.165) is 31.4 Å². The average Bonchev–Trinajstić information content (AvgIpc) is 2.04. The molecule has 13 heavy (non-hydrogen) atoms. The predicted molar refractivity (Wildman–Crippen MR) is 56.9 cm³/mol. The Labute approximate surface area is 82.6 Å². The number of hydrogen-bond donors (Lipinski definition) is 1. The minimum atomic E-state index is -2.24. The van der Waals surface area contributed by atoms with Crippen molar-refractivity contribution in [2.75, 3.05) is 0 Å². The van der Waals surface area contributed by atoms with E-state index in [1.807, 2.05) is 0 Å². The highest BCUT2D eigenvalue weighted by Gasteiger charge is 2.38. The molecule has 1 saturated heterocycles. The Kier molecular flexibility index (Phi) is 4.42. The molecule has 1 N–H and O–H groups in total. The van der Waals surface area contributed by atoms with Gasteiger partial charge in [-0.2, -0.15) is 0 Å². The molecule has 1 aliphatic heterocycles. The van der Waals surface area contributed by atoms with E-state index in [-0.39, 0.29) is 0 Å². The topological polar surface area (TPSA) is 29.5 Å². The summed E-state index contributed by atoms with van der Waals surface area (Å²) in [5.41, 5.74) is 0. The summed E-state index contributed by atoms with van der Waals surface area (Å²) in [5, 5.41) is 0. The molecule has 0 amide bonds. The molecule has 2 atom stereocenters. The van der Waals surface area contributed by atoms with Gasteiger partial charge in [-0.15, -0.1) is 0 Å². The van der Waals surface area contributed by atoms with Gasteiger partial charge in [-0.3, -0.25) is 0 Å². The zero-order chi connectivity index (χ0) is 9.73. The highest BCUT2D eigenvalue weighted by Crippen LogP contribution is 2.29. The van der Waals surface area contributed by atoms with Crippen LogP contribution >= 0.6 is 0 Å². The second kappa shape index (κ2) is 5.13. The van der Waals surface area contributed by atoms with Crippen molar-refractivity contribution in [3.8, 4) is 0 Å². The van der Waals surface area contributed by atoms with Crippen molar-refractivity contribution in [3.63, 3.8) is 0 Å². The molecule has 0 bridgehead atoms. The molecule has 1 heterocycles. The molecule has 1 aliphatic rings. The van der Waals surface area contributed by atoms with Crippen molar-refractivity contribution in [1.82, 2.24) is 0 Å². The summed E-state index contributed by atoms with van der Waals surface area (Å²) in [4.78, 5) is 10.2. The Balaban J connectivity index is 2.39. The lowest BCUT2D eigenvalue weighted by molar-refractivity contribution is 0.106. The van der Waals surface area contributed by atoms with E-state index in [0.29, 0.717) is 6.10 Å². The van der Waals surface area contributed by atoms with E-state index in [4.69, 9.17) is 4.43 Å². The molecule has 3 heteroatoms. The Hall–Kier alpha value is 0.137. The van der Waals surface area contributed by atoms with E-state index in [2.05, 4.69) is 13.8 Å². The zero-order valence-electron chi connectivity index (χ0n) is 8.88. The lowest BCUT2D eigenvalue weighted by Gasteiger charge is -2.34.